The van der Waals surface area contributed by atoms with Gasteiger partial charge in [0.2, 0.25) is 11.8 Å². The molecule has 7 nitrogen and oxygen atoms in total. The van der Waals surface area contributed by atoms with Gasteiger partial charge in [0.15, 0.2) is 11.6 Å². The summed E-state index contributed by atoms with van der Waals surface area (Å²) in [5.74, 6) is 1.26. The number of aromatic nitrogens is 1. The van der Waals surface area contributed by atoms with Crippen molar-refractivity contribution in [2.75, 3.05) is 39.1 Å². The fraction of sp³-hybridized carbons (Fsp3) is 0.588. The molecule has 130 valence electrons. The summed E-state index contributed by atoms with van der Waals surface area (Å²) in [6.45, 7) is 1.14. The van der Waals surface area contributed by atoms with E-state index in [9.17, 15) is 9.59 Å². The Labute approximate surface area is 142 Å². The number of hydrogen-bond acceptors (Lipinski definition) is 5. The number of anilines is 1. The summed E-state index contributed by atoms with van der Waals surface area (Å²) in [6, 6.07) is 3.73. The zero-order valence-electron chi connectivity index (χ0n) is 14.4. The SMILES string of the molecule is CNC(=O)C1(C(=O)N2CCC(Oc3cccnc3N(C)C)C2)CC1. The molecule has 1 aromatic rings. The van der Waals surface area contributed by atoms with Gasteiger partial charge >= 0.3 is 0 Å². The Morgan fingerprint density at radius 1 is 1.42 bits per heavy atom. The number of pyridine rings is 1. The van der Waals surface area contributed by atoms with Crippen molar-refractivity contribution in [3.8, 4) is 5.75 Å². The maximum atomic E-state index is 12.7. The number of hydrogen-bond donors (Lipinski definition) is 1. The van der Waals surface area contributed by atoms with E-state index in [1.807, 2.05) is 31.1 Å². The molecule has 3 rings (SSSR count). The van der Waals surface area contributed by atoms with Crippen molar-refractivity contribution in [2.24, 2.45) is 5.41 Å². The first-order chi connectivity index (χ1) is 11.5. The predicted molar refractivity (Wildman–Crippen MR) is 89.9 cm³/mol. The first-order valence-electron chi connectivity index (χ1n) is 8.28. The first-order valence-corrected chi connectivity index (χ1v) is 8.28. The molecule has 1 atom stereocenters. The van der Waals surface area contributed by atoms with E-state index in [1.165, 1.54) is 0 Å². The molecule has 1 unspecified atom stereocenters. The minimum Gasteiger partial charge on any atom is -0.485 e. The lowest BCUT2D eigenvalue weighted by Crippen LogP contribution is -2.44. The second-order valence-electron chi connectivity index (χ2n) is 6.66. The van der Waals surface area contributed by atoms with Crippen LogP contribution in [0.15, 0.2) is 18.3 Å². The van der Waals surface area contributed by atoms with Crippen LogP contribution in [0.2, 0.25) is 0 Å². The topological polar surface area (TPSA) is 74.8 Å². The number of ether oxygens (including phenoxy) is 1. The Balaban J connectivity index is 1.64. The van der Waals surface area contributed by atoms with E-state index < -0.39 is 5.41 Å². The van der Waals surface area contributed by atoms with Gasteiger partial charge in [-0.15, -0.1) is 0 Å². The number of amides is 2. The molecule has 1 aromatic heterocycles. The second kappa shape index (κ2) is 6.30. The normalized spacial score (nSPS) is 21.3. The Bertz CT molecular complexity index is 642. The smallest absolute Gasteiger partial charge is 0.238 e. The van der Waals surface area contributed by atoms with Crippen LogP contribution in [-0.4, -0.2) is 62.0 Å². The number of likely N-dealkylation sites (tertiary alicyclic amines) is 1. The highest BCUT2D eigenvalue weighted by atomic mass is 16.5. The van der Waals surface area contributed by atoms with Crippen LogP contribution in [-0.2, 0) is 9.59 Å². The minimum absolute atomic E-state index is 0.0630. The van der Waals surface area contributed by atoms with E-state index in [2.05, 4.69) is 10.3 Å². The summed E-state index contributed by atoms with van der Waals surface area (Å²) in [4.78, 5) is 32.7. The summed E-state index contributed by atoms with van der Waals surface area (Å²) < 4.78 is 6.07. The molecular formula is C17H24N4O3. The number of nitrogens with zero attached hydrogens (tertiary/aromatic N) is 3. The lowest BCUT2D eigenvalue weighted by molar-refractivity contribution is -0.143. The van der Waals surface area contributed by atoms with Crippen LogP contribution in [0.3, 0.4) is 0 Å². The number of nitrogens with one attached hydrogen (secondary N) is 1. The fourth-order valence-electron chi connectivity index (χ4n) is 3.20. The van der Waals surface area contributed by atoms with Crippen molar-refractivity contribution in [3.63, 3.8) is 0 Å². The monoisotopic (exact) mass is 332 g/mol. The highest BCUT2D eigenvalue weighted by molar-refractivity contribution is 6.07. The van der Waals surface area contributed by atoms with Crippen LogP contribution < -0.4 is 15.0 Å². The van der Waals surface area contributed by atoms with Crippen molar-refractivity contribution >= 4 is 17.6 Å². The quantitative estimate of drug-likeness (QED) is 0.802. The Kier molecular flexibility index (Phi) is 4.34. The maximum Gasteiger partial charge on any atom is 0.238 e. The van der Waals surface area contributed by atoms with Crippen LogP contribution in [0, 0.1) is 5.41 Å². The van der Waals surface area contributed by atoms with Gasteiger partial charge < -0.3 is 19.9 Å². The lowest BCUT2D eigenvalue weighted by Gasteiger charge is -2.23. The molecule has 2 heterocycles. The molecule has 1 saturated heterocycles. The molecule has 24 heavy (non-hydrogen) atoms. The third kappa shape index (κ3) is 2.90. The maximum absolute atomic E-state index is 12.7. The molecule has 1 saturated carbocycles. The highest BCUT2D eigenvalue weighted by Gasteiger charge is 2.58. The lowest BCUT2D eigenvalue weighted by atomic mass is 10.0. The third-order valence-electron chi connectivity index (χ3n) is 4.72. The van der Waals surface area contributed by atoms with E-state index in [1.54, 1.807) is 18.1 Å². The molecule has 2 aliphatic rings. The highest BCUT2D eigenvalue weighted by Crippen LogP contribution is 2.48. The van der Waals surface area contributed by atoms with Gasteiger partial charge in [-0.1, -0.05) is 0 Å². The third-order valence-corrected chi connectivity index (χ3v) is 4.72. The van der Waals surface area contributed by atoms with E-state index >= 15 is 0 Å². The molecule has 0 bridgehead atoms. The molecule has 1 aliphatic carbocycles. The van der Waals surface area contributed by atoms with Crippen LogP contribution in [0.1, 0.15) is 19.3 Å². The van der Waals surface area contributed by atoms with E-state index in [4.69, 9.17) is 4.74 Å². The van der Waals surface area contributed by atoms with Gasteiger partial charge in [0.05, 0.1) is 6.54 Å². The van der Waals surface area contributed by atoms with Gasteiger partial charge in [0.25, 0.3) is 0 Å². The summed E-state index contributed by atoms with van der Waals surface area (Å²) in [6.07, 6.45) is 3.70. The molecule has 0 aromatic carbocycles. The van der Waals surface area contributed by atoms with Gasteiger partial charge in [-0.05, 0) is 25.0 Å². The zero-order valence-corrected chi connectivity index (χ0v) is 14.4. The molecule has 1 aliphatic heterocycles. The van der Waals surface area contributed by atoms with Gasteiger partial charge in [-0.2, -0.15) is 0 Å². The largest absolute Gasteiger partial charge is 0.485 e. The van der Waals surface area contributed by atoms with Crippen LogP contribution >= 0.6 is 0 Å². The van der Waals surface area contributed by atoms with E-state index in [-0.39, 0.29) is 17.9 Å². The molecule has 7 heteroatoms. The predicted octanol–water partition coefficient (Wildman–Crippen LogP) is 0.653. The van der Waals surface area contributed by atoms with Gasteiger partial charge in [-0.25, -0.2) is 4.98 Å². The average molecular weight is 332 g/mol. The van der Waals surface area contributed by atoms with Crippen molar-refractivity contribution in [1.82, 2.24) is 15.2 Å². The van der Waals surface area contributed by atoms with Gasteiger partial charge in [0, 0.05) is 40.3 Å². The fourth-order valence-corrected chi connectivity index (χ4v) is 3.20. The molecule has 1 N–H and O–H groups in total. The van der Waals surface area contributed by atoms with E-state index in [0.29, 0.717) is 31.7 Å². The average Bonchev–Trinajstić information content (AvgIpc) is 3.27. The van der Waals surface area contributed by atoms with Crippen molar-refractivity contribution < 1.29 is 14.3 Å². The second-order valence-corrected chi connectivity index (χ2v) is 6.66. The van der Waals surface area contributed by atoms with Crippen molar-refractivity contribution in [2.45, 2.75) is 25.4 Å². The molecule has 0 spiro atoms. The molecule has 2 fully saturated rings. The standard InChI is InChI=1S/C17H24N4O3/c1-18-15(22)17(7-8-17)16(23)21-10-6-12(11-21)24-13-5-4-9-19-14(13)20(2)3/h4-5,9,12H,6-8,10-11H2,1-3H3,(H,18,22). The molecule has 2 amide bonds. The number of carbonyl (C=O) groups is 2. The number of rotatable bonds is 5. The zero-order chi connectivity index (χ0) is 17.3. The van der Waals surface area contributed by atoms with Crippen LogP contribution in [0.5, 0.6) is 5.75 Å². The molecular weight excluding hydrogens is 308 g/mol. The van der Waals surface area contributed by atoms with Gasteiger partial charge in [0.1, 0.15) is 11.5 Å². The van der Waals surface area contributed by atoms with Gasteiger partial charge in [-0.3, -0.25) is 9.59 Å². The van der Waals surface area contributed by atoms with E-state index in [0.717, 1.165) is 12.2 Å². The van der Waals surface area contributed by atoms with Crippen molar-refractivity contribution in [3.05, 3.63) is 18.3 Å². The Morgan fingerprint density at radius 3 is 2.79 bits per heavy atom. The minimum atomic E-state index is -0.827. The molecule has 0 radical (unpaired) electrons. The van der Waals surface area contributed by atoms with Crippen LogP contribution in [0.25, 0.3) is 0 Å². The first kappa shape index (κ1) is 16.5. The summed E-state index contributed by atoms with van der Waals surface area (Å²) in [5.41, 5.74) is -0.827. The van der Waals surface area contributed by atoms with Crippen molar-refractivity contribution in [1.29, 1.82) is 0 Å². The Hall–Kier alpha value is -2.31. The summed E-state index contributed by atoms with van der Waals surface area (Å²) in [5, 5.41) is 2.61. The number of carbonyl (C=O) groups excluding carboxylic acids is 2. The summed E-state index contributed by atoms with van der Waals surface area (Å²) >= 11 is 0. The Morgan fingerprint density at radius 2 is 2.17 bits per heavy atom. The summed E-state index contributed by atoms with van der Waals surface area (Å²) in [7, 11) is 5.41. The van der Waals surface area contributed by atoms with Crippen LogP contribution in [0.4, 0.5) is 5.82 Å².